The zero-order valence-corrected chi connectivity index (χ0v) is 39.9. The van der Waals surface area contributed by atoms with Crippen LogP contribution in [0.15, 0.2) is 48.1 Å². The molecule has 0 saturated carbocycles. The number of carbonyl (C=O) groups is 4. The van der Waals surface area contributed by atoms with Gasteiger partial charge in [0.1, 0.15) is 29.4 Å². The van der Waals surface area contributed by atoms with Gasteiger partial charge in [-0.2, -0.15) is 0 Å². The molecule has 0 spiro atoms. The number of rotatable bonds is 21. The van der Waals surface area contributed by atoms with Gasteiger partial charge in [-0.25, -0.2) is 9.59 Å². The van der Waals surface area contributed by atoms with Crippen LogP contribution in [0.2, 0.25) is 5.02 Å². The topological polar surface area (TPSA) is 217 Å². The molecule has 19 heteroatoms. The number of epoxide rings is 1. The summed E-state index contributed by atoms with van der Waals surface area (Å²) in [7, 11) is 1.63. The maximum Gasteiger partial charge on any atom is 0.409 e. The highest BCUT2D eigenvalue weighted by atomic mass is 35.5. The smallest absolute Gasteiger partial charge is 0.409 e. The van der Waals surface area contributed by atoms with Gasteiger partial charge in [0, 0.05) is 31.4 Å². The van der Waals surface area contributed by atoms with Crippen LogP contribution in [-0.4, -0.2) is 162 Å². The number of allylic oxidation sites excluding steroid dienone is 3. The lowest BCUT2D eigenvalue weighted by Gasteiger charge is -2.41. The summed E-state index contributed by atoms with van der Waals surface area (Å²) < 4.78 is 51.4. The molecule has 8 atom stereocenters. The molecule has 0 aliphatic carbocycles. The highest BCUT2D eigenvalue weighted by Gasteiger charge is 2.64. The molecule has 4 bridgehead atoms. The highest BCUT2D eigenvalue weighted by molar-refractivity contribution is 6.34. The van der Waals surface area contributed by atoms with E-state index in [2.05, 4.69) is 5.32 Å². The van der Waals surface area contributed by atoms with Crippen LogP contribution in [-0.2, 0) is 63.4 Å². The lowest BCUT2D eigenvalue weighted by Crippen LogP contribution is -2.60. The average Bonchev–Trinajstić information content (AvgIpc) is 3.87. The van der Waals surface area contributed by atoms with Crippen molar-refractivity contribution in [2.75, 3.05) is 91.2 Å². The number of hydrogen-bond donors (Lipinski definition) is 3. The van der Waals surface area contributed by atoms with Gasteiger partial charge in [0.15, 0.2) is 6.10 Å². The summed E-state index contributed by atoms with van der Waals surface area (Å²) in [6.45, 7) is 14.7. The molecule has 1 aromatic rings. The fraction of sp³-hybridized carbons (Fsp3) is 0.638. The number of aryl methyl sites for hydroxylation is 1. The van der Waals surface area contributed by atoms with Crippen molar-refractivity contribution < 1.29 is 66.9 Å². The molecule has 1 aromatic carbocycles. The lowest BCUT2D eigenvalue weighted by atomic mass is 9.82. The summed E-state index contributed by atoms with van der Waals surface area (Å²) in [6.07, 6.45) is 4.65. The molecule has 66 heavy (non-hydrogen) atoms. The Morgan fingerprint density at radius 2 is 1.56 bits per heavy atom. The second-order valence-electron chi connectivity index (χ2n) is 17.3. The van der Waals surface area contributed by atoms with Crippen LogP contribution in [0.4, 0.5) is 10.5 Å². The Morgan fingerprint density at radius 1 is 0.955 bits per heavy atom. The number of hydrogen-bond acceptors (Lipinski definition) is 15. The Morgan fingerprint density at radius 3 is 2.17 bits per heavy atom. The fourth-order valence-corrected chi connectivity index (χ4v) is 8.19. The van der Waals surface area contributed by atoms with Crippen LogP contribution in [0, 0.1) is 24.2 Å². The van der Waals surface area contributed by atoms with Crippen molar-refractivity contribution in [2.24, 2.45) is 11.8 Å². The summed E-state index contributed by atoms with van der Waals surface area (Å²) in [6, 6.07) is 3.85. The molecule has 366 valence electrons. The Kier molecular flexibility index (Phi) is 19.7. The predicted octanol–water partition coefficient (Wildman–Crippen LogP) is 4.45. The Balaban J connectivity index is 1.06. The van der Waals surface area contributed by atoms with Crippen molar-refractivity contribution in [3.05, 3.63) is 64.2 Å². The molecule has 4 aliphatic heterocycles. The third-order valence-electron chi connectivity index (χ3n) is 12.2. The number of aliphatic hydroxyl groups is 1. The molecule has 1 unspecified atom stereocenters. The molecule has 3 amide bonds. The molecular formula is C47H67ClN4O14. The van der Waals surface area contributed by atoms with Crippen molar-refractivity contribution >= 4 is 47.0 Å². The van der Waals surface area contributed by atoms with Crippen LogP contribution in [0.5, 0.6) is 0 Å². The van der Waals surface area contributed by atoms with Crippen molar-refractivity contribution in [3.63, 3.8) is 0 Å². The van der Waals surface area contributed by atoms with E-state index < -0.39 is 59.6 Å². The molecule has 18 nitrogen and oxygen atoms in total. The number of ether oxygens (including phenoxy) is 9. The minimum atomic E-state index is -1.60. The zero-order chi connectivity index (χ0) is 48.0. The first kappa shape index (κ1) is 52.7. The highest BCUT2D eigenvalue weighted by Crippen LogP contribution is 2.49. The van der Waals surface area contributed by atoms with E-state index in [-0.39, 0.29) is 43.7 Å². The summed E-state index contributed by atoms with van der Waals surface area (Å²) in [5, 5.41) is 22.4. The molecular weight excluding hydrogens is 880 g/mol. The lowest BCUT2D eigenvalue weighted by molar-refractivity contribution is -0.166. The van der Waals surface area contributed by atoms with Gasteiger partial charge in [-0.05, 0) is 57.4 Å². The standard InChI is InChI=1S/C47H67ClN4O14/c1-30-9-8-10-32(3)47(57)29-37(64-45(56)50-47)33(4)43-46(6,66-43)38(28-41(54)51(7)36-27-35(25-30)26-31(2)42(36)48)65-44(55)34(5)63-24-23-62-22-21-61-20-19-60-18-17-59-16-15-58-14-13-52-39(49)11-12-40(52)53/h8-12,26-27,32-34,37-38,43,49,57H,13-25,28-29H2,1-7H3,(H,50,56)/b10-8+,30-9+,49-39?/t32-,33-,34+,37?,38+,43+,46+,47+/m1/s1. The maximum absolute atomic E-state index is 14.1. The number of esters is 1. The third-order valence-corrected chi connectivity index (χ3v) is 12.7. The zero-order valence-electron chi connectivity index (χ0n) is 39.1. The van der Waals surface area contributed by atoms with Crippen molar-refractivity contribution in [2.45, 2.75) is 96.5 Å². The first-order chi connectivity index (χ1) is 31.4. The number of amidine groups is 1. The van der Waals surface area contributed by atoms with Crippen LogP contribution in [0.1, 0.15) is 58.6 Å². The molecule has 2 saturated heterocycles. The summed E-state index contributed by atoms with van der Waals surface area (Å²) >= 11 is 6.79. The average molecular weight is 948 g/mol. The minimum Gasteiger partial charge on any atom is -0.457 e. The predicted molar refractivity (Wildman–Crippen MR) is 243 cm³/mol. The Labute approximate surface area is 392 Å². The summed E-state index contributed by atoms with van der Waals surface area (Å²) in [5.41, 5.74) is 0.509. The van der Waals surface area contributed by atoms with Crippen LogP contribution in [0.25, 0.3) is 0 Å². The SMILES string of the molecule is C/C1=C\C=C\[C@@H](C)[C@@]2(O)CC(OC(=O)N2)[C@@H](C)[C@@H]2O[C@@]2(C)[C@@H](OC(=O)[C@H](C)OCCOCCOCCOCCOCCOCCN2C(=N)C=CC2=O)CC(=O)N(C)c2cc(cc(C)c2Cl)C1. The largest absolute Gasteiger partial charge is 0.457 e. The molecule has 0 radical (unpaired) electrons. The number of fused-ring (bicyclic) bond motifs is 5. The van der Waals surface area contributed by atoms with E-state index in [1.54, 1.807) is 20.9 Å². The molecule has 5 rings (SSSR count). The number of carbonyl (C=O) groups excluding carboxylic acids is 4. The molecule has 3 N–H and O–H groups in total. The monoisotopic (exact) mass is 946 g/mol. The van der Waals surface area contributed by atoms with Gasteiger partial charge < -0.3 is 52.6 Å². The van der Waals surface area contributed by atoms with Gasteiger partial charge in [-0.1, -0.05) is 55.3 Å². The second-order valence-corrected chi connectivity index (χ2v) is 17.6. The molecule has 0 aromatic heterocycles. The van der Waals surface area contributed by atoms with E-state index >= 15 is 0 Å². The number of nitrogens with zero attached hydrogens (tertiary/aromatic N) is 2. The van der Waals surface area contributed by atoms with Gasteiger partial charge in [0.25, 0.3) is 5.91 Å². The normalized spacial score (nSPS) is 28.6. The van der Waals surface area contributed by atoms with Crippen LogP contribution < -0.4 is 10.2 Å². The molecule has 4 heterocycles. The van der Waals surface area contributed by atoms with E-state index in [9.17, 15) is 24.3 Å². The van der Waals surface area contributed by atoms with Gasteiger partial charge in [-0.3, -0.25) is 25.2 Å². The van der Waals surface area contributed by atoms with E-state index in [1.807, 2.05) is 58.1 Å². The van der Waals surface area contributed by atoms with Crippen molar-refractivity contribution in [3.8, 4) is 0 Å². The second kappa shape index (κ2) is 24.7. The fourth-order valence-electron chi connectivity index (χ4n) is 7.95. The summed E-state index contributed by atoms with van der Waals surface area (Å²) in [4.78, 5) is 55.0. The van der Waals surface area contributed by atoms with E-state index in [1.165, 1.54) is 22.0 Å². The first-order valence-electron chi connectivity index (χ1n) is 22.5. The summed E-state index contributed by atoms with van der Waals surface area (Å²) in [5.74, 6) is -2.05. The third kappa shape index (κ3) is 14.6. The number of benzene rings is 1. The van der Waals surface area contributed by atoms with E-state index in [0.29, 0.717) is 83.1 Å². The van der Waals surface area contributed by atoms with Crippen molar-refractivity contribution in [1.29, 1.82) is 5.41 Å². The molecule has 4 aliphatic rings. The number of amides is 3. The Bertz CT molecular complexity index is 1950. The Hall–Kier alpha value is -4.24. The van der Waals surface area contributed by atoms with E-state index in [4.69, 9.17) is 59.6 Å². The van der Waals surface area contributed by atoms with E-state index in [0.717, 1.165) is 16.7 Å². The van der Waals surface area contributed by atoms with Crippen LogP contribution in [0.3, 0.4) is 0 Å². The van der Waals surface area contributed by atoms with Gasteiger partial charge in [-0.15, -0.1) is 0 Å². The number of nitrogens with one attached hydrogen (secondary N) is 2. The number of alkyl carbamates (subject to hydrolysis) is 1. The number of anilines is 1. The first-order valence-corrected chi connectivity index (χ1v) is 22.9. The van der Waals surface area contributed by atoms with Crippen LogP contribution >= 0.6 is 11.6 Å². The molecule has 2 fully saturated rings. The minimum absolute atomic E-state index is 0.0711. The quantitative estimate of drug-likeness (QED) is 0.0882. The maximum atomic E-state index is 14.1. The van der Waals surface area contributed by atoms with Gasteiger partial charge in [0.05, 0.1) is 102 Å². The van der Waals surface area contributed by atoms with Gasteiger partial charge >= 0.3 is 12.1 Å². The van der Waals surface area contributed by atoms with Crippen molar-refractivity contribution in [1.82, 2.24) is 10.2 Å². The number of halogens is 1. The van der Waals surface area contributed by atoms with Gasteiger partial charge in [0.2, 0.25) is 5.91 Å².